The normalized spacial score (nSPS) is 22.1. The quantitative estimate of drug-likeness (QED) is 0.921. The second kappa shape index (κ2) is 5.00. The molecule has 1 aromatic carbocycles. The molecule has 20 heavy (non-hydrogen) atoms. The van der Waals surface area contributed by atoms with Crippen LogP contribution in [0.25, 0.3) is 0 Å². The van der Waals surface area contributed by atoms with Gasteiger partial charge in [-0.25, -0.2) is 4.79 Å². The first-order valence-corrected chi connectivity index (χ1v) is 6.98. The zero-order valence-corrected chi connectivity index (χ0v) is 12.8. The van der Waals surface area contributed by atoms with Gasteiger partial charge >= 0.3 is 5.97 Å². The van der Waals surface area contributed by atoms with Crippen LogP contribution >= 0.6 is 0 Å². The Morgan fingerprint density at radius 3 is 2.70 bits per heavy atom. The molecule has 0 saturated heterocycles. The molecule has 2 rings (SSSR count). The number of fused-ring (bicyclic) bond motifs is 1. The van der Waals surface area contributed by atoms with Gasteiger partial charge in [-0.1, -0.05) is 6.92 Å². The van der Waals surface area contributed by atoms with E-state index in [4.69, 9.17) is 4.74 Å². The SMILES string of the molecule is COc1ccc2c(c1)[C@@H](C)CC(C)(C)N2[C@@H](C)C(=O)O. The molecule has 1 heterocycles. The molecule has 4 heteroatoms. The van der Waals surface area contributed by atoms with Crippen molar-refractivity contribution in [3.05, 3.63) is 23.8 Å². The molecule has 0 radical (unpaired) electrons. The van der Waals surface area contributed by atoms with E-state index in [1.54, 1.807) is 14.0 Å². The molecule has 1 aliphatic rings. The van der Waals surface area contributed by atoms with Crippen molar-refractivity contribution >= 4 is 11.7 Å². The van der Waals surface area contributed by atoms with Crippen molar-refractivity contribution in [1.29, 1.82) is 0 Å². The van der Waals surface area contributed by atoms with E-state index in [1.165, 1.54) is 0 Å². The maximum Gasteiger partial charge on any atom is 0.326 e. The van der Waals surface area contributed by atoms with Gasteiger partial charge in [0.05, 0.1) is 7.11 Å². The highest BCUT2D eigenvalue weighted by Gasteiger charge is 2.40. The summed E-state index contributed by atoms with van der Waals surface area (Å²) >= 11 is 0. The van der Waals surface area contributed by atoms with Crippen LogP contribution in [0.15, 0.2) is 18.2 Å². The van der Waals surface area contributed by atoms with Gasteiger partial charge in [0.1, 0.15) is 11.8 Å². The van der Waals surface area contributed by atoms with E-state index in [0.29, 0.717) is 5.92 Å². The number of hydrogen-bond acceptors (Lipinski definition) is 3. The lowest BCUT2D eigenvalue weighted by molar-refractivity contribution is -0.138. The van der Waals surface area contributed by atoms with E-state index in [0.717, 1.165) is 23.4 Å². The summed E-state index contributed by atoms with van der Waals surface area (Å²) in [6, 6.07) is 5.35. The molecule has 1 N–H and O–H groups in total. The number of hydrogen-bond donors (Lipinski definition) is 1. The monoisotopic (exact) mass is 277 g/mol. The summed E-state index contributed by atoms with van der Waals surface area (Å²) in [4.78, 5) is 13.5. The van der Waals surface area contributed by atoms with Gasteiger partial charge in [0.25, 0.3) is 0 Å². The van der Waals surface area contributed by atoms with E-state index in [1.807, 2.05) is 23.1 Å². The van der Waals surface area contributed by atoms with Crippen LogP contribution in [0.4, 0.5) is 5.69 Å². The van der Waals surface area contributed by atoms with Gasteiger partial charge in [-0.2, -0.15) is 0 Å². The molecule has 1 aromatic rings. The van der Waals surface area contributed by atoms with Gasteiger partial charge in [0, 0.05) is 11.2 Å². The number of carboxylic acid groups (broad SMARTS) is 1. The minimum absolute atomic E-state index is 0.182. The van der Waals surface area contributed by atoms with Crippen LogP contribution < -0.4 is 9.64 Å². The molecular formula is C16H23NO3. The average Bonchev–Trinajstić information content (AvgIpc) is 2.37. The molecule has 0 amide bonds. The van der Waals surface area contributed by atoms with Crippen molar-refractivity contribution in [2.24, 2.45) is 0 Å². The van der Waals surface area contributed by atoms with Crippen molar-refractivity contribution in [2.45, 2.75) is 51.6 Å². The van der Waals surface area contributed by atoms with Crippen molar-refractivity contribution in [3.63, 3.8) is 0 Å². The third kappa shape index (κ3) is 2.35. The van der Waals surface area contributed by atoms with Crippen LogP contribution in [0.5, 0.6) is 5.75 Å². The molecule has 0 bridgehead atoms. The maximum absolute atomic E-state index is 11.4. The van der Waals surface area contributed by atoms with Crippen LogP contribution in [-0.2, 0) is 4.79 Å². The number of benzene rings is 1. The topological polar surface area (TPSA) is 49.8 Å². The standard InChI is InChI=1S/C16H23NO3/c1-10-9-16(3,4)17(11(2)15(18)19)14-7-6-12(20-5)8-13(10)14/h6-8,10-11H,9H2,1-5H3,(H,18,19)/t10-,11-/m0/s1. The fourth-order valence-electron chi connectivity index (χ4n) is 3.40. The first kappa shape index (κ1) is 14.7. The maximum atomic E-state index is 11.4. The Labute approximate surface area is 120 Å². The number of carbonyl (C=O) groups is 1. The summed E-state index contributed by atoms with van der Waals surface area (Å²) in [5.74, 6) is 0.403. The molecular weight excluding hydrogens is 254 g/mol. The Morgan fingerprint density at radius 1 is 1.50 bits per heavy atom. The number of ether oxygens (including phenoxy) is 1. The van der Waals surface area contributed by atoms with Gasteiger partial charge < -0.3 is 14.7 Å². The van der Waals surface area contributed by atoms with Gasteiger partial charge in [-0.15, -0.1) is 0 Å². The van der Waals surface area contributed by atoms with Crippen LogP contribution in [0.3, 0.4) is 0 Å². The van der Waals surface area contributed by atoms with Gasteiger partial charge in [-0.3, -0.25) is 0 Å². The number of methoxy groups -OCH3 is 1. The number of rotatable bonds is 3. The lowest BCUT2D eigenvalue weighted by Crippen LogP contribution is -2.55. The number of anilines is 1. The van der Waals surface area contributed by atoms with Crippen LogP contribution in [0.1, 0.15) is 45.6 Å². The Bertz CT molecular complexity index is 524. The van der Waals surface area contributed by atoms with E-state index < -0.39 is 12.0 Å². The average molecular weight is 277 g/mol. The highest BCUT2D eigenvalue weighted by Crippen LogP contribution is 2.45. The predicted octanol–water partition coefficient (Wildman–Crippen LogP) is 3.26. The lowest BCUT2D eigenvalue weighted by Gasteiger charge is -2.49. The van der Waals surface area contributed by atoms with E-state index >= 15 is 0 Å². The third-order valence-corrected chi connectivity index (χ3v) is 4.23. The molecule has 4 nitrogen and oxygen atoms in total. The Balaban J connectivity index is 2.56. The molecule has 110 valence electrons. The molecule has 1 aliphatic heterocycles. The Morgan fingerprint density at radius 2 is 2.15 bits per heavy atom. The number of nitrogens with zero attached hydrogens (tertiary/aromatic N) is 1. The number of carboxylic acids is 1. The van der Waals surface area contributed by atoms with Gasteiger partial charge in [0.2, 0.25) is 0 Å². The third-order valence-electron chi connectivity index (χ3n) is 4.23. The van der Waals surface area contributed by atoms with Crippen molar-refractivity contribution in [2.75, 3.05) is 12.0 Å². The van der Waals surface area contributed by atoms with Crippen molar-refractivity contribution < 1.29 is 14.6 Å². The van der Waals surface area contributed by atoms with Crippen molar-refractivity contribution in [3.8, 4) is 5.75 Å². The largest absolute Gasteiger partial charge is 0.497 e. The fraction of sp³-hybridized carbons (Fsp3) is 0.562. The Hall–Kier alpha value is -1.71. The predicted molar refractivity (Wildman–Crippen MR) is 79.7 cm³/mol. The summed E-state index contributed by atoms with van der Waals surface area (Å²) in [6.45, 7) is 8.14. The second-order valence-electron chi connectivity index (χ2n) is 6.23. The van der Waals surface area contributed by atoms with E-state index in [9.17, 15) is 9.90 Å². The first-order valence-electron chi connectivity index (χ1n) is 6.98. The van der Waals surface area contributed by atoms with Crippen LogP contribution in [-0.4, -0.2) is 29.8 Å². The highest BCUT2D eigenvalue weighted by molar-refractivity contribution is 5.79. The van der Waals surface area contributed by atoms with E-state index in [-0.39, 0.29) is 5.54 Å². The fourth-order valence-corrected chi connectivity index (χ4v) is 3.40. The minimum Gasteiger partial charge on any atom is -0.497 e. The van der Waals surface area contributed by atoms with Crippen molar-refractivity contribution in [1.82, 2.24) is 0 Å². The first-order chi connectivity index (χ1) is 9.27. The van der Waals surface area contributed by atoms with E-state index in [2.05, 4.69) is 20.8 Å². The molecule has 0 aromatic heterocycles. The highest BCUT2D eigenvalue weighted by atomic mass is 16.5. The summed E-state index contributed by atoms with van der Waals surface area (Å²) < 4.78 is 5.29. The van der Waals surface area contributed by atoms with Crippen LogP contribution in [0, 0.1) is 0 Å². The van der Waals surface area contributed by atoms with Gasteiger partial charge in [-0.05, 0) is 56.9 Å². The zero-order chi connectivity index (χ0) is 15.1. The number of aliphatic carboxylic acids is 1. The molecule has 0 spiro atoms. The summed E-state index contributed by atoms with van der Waals surface area (Å²) in [7, 11) is 1.65. The second-order valence-corrected chi connectivity index (χ2v) is 6.23. The lowest BCUT2D eigenvalue weighted by atomic mass is 9.79. The van der Waals surface area contributed by atoms with Crippen LogP contribution in [0.2, 0.25) is 0 Å². The summed E-state index contributed by atoms with van der Waals surface area (Å²) in [6.07, 6.45) is 0.921. The zero-order valence-electron chi connectivity index (χ0n) is 12.8. The summed E-state index contributed by atoms with van der Waals surface area (Å²) in [5.41, 5.74) is 1.99. The minimum atomic E-state index is -0.797. The molecule has 0 saturated carbocycles. The molecule has 2 atom stereocenters. The smallest absolute Gasteiger partial charge is 0.326 e. The van der Waals surface area contributed by atoms with Gasteiger partial charge in [0.15, 0.2) is 0 Å². The molecule has 0 aliphatic carbocycles. The molecule has 0 fully saturated rings. The Kier molecular flexibility index (Phi) is 3.67. The summed E-state index contributed by atoms with van der Waals surface area (Å²) in [5, 5.41) is 9.39. The molecule has 0 unspecified atom stereocenters.